The number of amides is 1. The van der Waals surface area contributed by atoms with E-state index in [9.17, 15) is 36.2 Å². The van der Waals surface area contributed by atoms with Crippen LogP contribution >= 0.6 is 0 Å². The van der Waals surface area contributed by atoms with Gasteiger partial charge in [0.05, 0.1) is 26.7 Å². The lowest BCUT2D eigenvalue weighted by atomic mass is 9.89. The van der Waals surface area contributed by atoms with Gasteiger partial charge in [0.2, 0.25) is 5.91 Å². The molecular formula is C30H29F6NO5. The number of hydrogen-bond acceptors (Lipinski definition) is 5. The zero-order valence-corrected chi connectivity index (χ0v) is 22.9. The summed E-state index contributed by atoms with van der Waals surface area (Å²) in [6.07, 6.45) is -12.7. The molecule has 1 N–H and O–H groups in total. The second-order valence-electron chi connectivity index (χ2n) is 9.96. The third-order valence-corrected chi connectivity index (χ3v) is 7.29. The van der Waals surface area contributed by atoms with Crippen LogP contribution < -0.4 is 19.1 Å². The average Bonchev–Trinajstić information content (AvgIpc) is 3.14. The van der Waals surface area contributed by atoms with Crippen LogP contribution in [0.2, 0.25) is 0 Å². The zero-order valence-electron chi connectivity index (χ0n) is 22.9. The predicted molar refractivity (Wildman–Crippen MR) is 142 cm³/mol. The van der Waals surface area contributed by atoms with Gasteiger partial charge < -0.3 is 24.2 Å². The number of hydrogen-bond donors (Lipinski definition) is 1. The van der Waals surface area contributed by atoms with Crippen molar-refractivity contribution in [2.24, 2.45) is 0 Å². The van der Waals surface area contributed by atoms with E-state index in [-0.39, 0.29) is 30.6 Å². The van der Waals surface area contributed by atoms with Gasteiger partial charge in [-0.3, -0.25) is 4.79 Å². The van der Waals surface area contributed by atoms with Crippen molar-refractivity contribution >= 4 is 11.6 Å². The Morgan fingerprint density at radius 2 is 1.45 bits per heavy atom. The molecule has 0 aromatic heterocycles. The van der Waals surface area contributed by atoms with E-state index in [1.54, 1.807) is 55.5 Å². The fourth-order valence-electron chi connectivity index (χ4n) is 4.94. The number of halogens is 6. The van der Waals surface area contributed by atoms with E-state index in [4.69, 9.17) is 14.2 Å². The molecule has 0 bridgehead atoms. The number of methoxy groups -OCH3 is 2. The van der Waals surface area contributed by atoms with Gasteiger partial charge in [0.25, 0.3) is 5.60 Å². The van der Waals surface area contributed by atoms with Crippen molar-refractivity contribution in [1.82, 2.24) is 0 Å². The van der Waals surface area contributed by atoms with Gasteiger partial charge in [-0.1, -0.05) is 42.5 Å². The van der Waals surface area contributed by atoms with E-state index < -0.39 is 41.4 Å². The summed E-state index contributed by atoms with van der Waals surface area (Å²) in [4.78, 5) is 15.1. The van der Waals surface area contributed by atoms with Gasteiger partial charge in [0.15, 0.2) is 0 Å². The molecule has 1 aliphatic heterocycles. The highest BCUT2D eigenvalue weighted by molar-refractivity contribution is 5.98. The quantitative estimate of drug-likeness (QED) is 0.313. The van der Waals surface area contributed by atoms with Gasteiger partial charge in [-0.05, 0) is 37.0 Å². The number of aliphatic hydroxyl groups is 1. The molecule has 3 aromatic carbocycles. The Morgan fingerprint density at radius 1 is 0.881 bits per heavy atom. The first-order valence-electron chi connectivity index (χ1n) is 12.9. The number of rotatable bonds is 7. The molecule has 0 radical (unpaired) electrons. The topological polar surface area (TPSA) is 68.2 Å². The van der Waals surface area contributed by atoms with Crippen LogP contribution in [0.25, 0.3) is 0 Å². The summed E-state index contributed by atoms with van der Waals surface area (Å²) in [6, 6.07) is 15.8. The molecule has 1 amide bonds. The summed E-state index contributed by atoms with van der Waals surface area (Å²) < 4.78 is 98.6. The van der Waals surface area contributed by atoms with Crippen molar-refractivity contribution in [1.29, 1.82) is 0 Å². The Balaban J connectivity index is 1.77. The van der Waals surface area contributed by atoms with E-state index in [0.717, 1.165) is 6.07 Å². The van der Waals surface area contributed by atoms with Crippen LogP contribution in [0, 0.1) is 0 Å². The summed E-state index contributed by atoms with van der Waals surface area (Å²) in [5.41, 5.74) is -5.65. The van der Waals surface area contributed by atoms with Crippen molar-refractivity contribution < 1.29 is 50.5 Å². The van der Waals surface area contributed by atoms with Crippen molar-refractivity contribution in [2.75, 3.05) is 25.7 Å². The maximum Gasteiger partial charge on any atom is 0.430 e. The van der Waals surface area contributed by atoms with Crippen LogP contribution in [-0.4, -0.2) is 50.2 Å². The van der Waals surface area contributed by atoms with Gasteiger partial charge in [-0.15, -0.1) is 0 Å². The first-order chi connectivity index (χ1) is 19.7. The Morgan fingerprint density at radius 3 is 2.00 bits per heavy atom. The molecular weight excluding hydrogens is 568 g/mol. The predicted octanol–water partition coefficient (Wildman–Crippen LogP) is 6.55. The Bertz CT molecular complexity index is 1370. The SMILES string of the molecule is COc1cc(OC)cc(O[C@H]2CCc3cc(C(O)(C(F)(F)F)C(F)(F)F)ccc3N(C(=O)[C@@H](C)c3ccccc3)C2)c1. The van der Waals surface area contributed by atoms with Crippen molar-refractivity contribution in [3.63, 3.8) is 0 Å². The monoisotopic (exact) mass is 597 g/mol. The molecule has 0 fully saturated rings. The highest BCUT2D eigenvalue weighted by Crippen LogP contribution is 2.51. The zero-order chi connectivity index (χ0) is 30.9. The van der Waals surface area contributed by atoms with Crippen molar-refractivity contribution in [3.8, 4) is 17.2 Å². The maximum atomic E-state index is 13.8. The lowest BCUT2D eigenvalue weighted by molar-refractivity contribution is -0.376. The number of aryl methyl sites for hydroxylation is 1. The number of carbonyl (C=O) groups is 1. The molecule has 226 valence electrons. The summed E-state index contributed by atoms with van der Waals surface area (Å²) in [5, 5.41) is 10.0. The number of nitrogens with zero attached hydrogens (tertiary/aromatic N) is 1. The molecule has 12 heteroatoms. The van der Waals surface area contributed by atoms with Crippen LogP contribution in [0.4, 0.5) is 32.0 Å². The lowest BCUT2D eigenvalue weighted by Gasteiger charge is -2.34. The molecule has 2 atom stereocenters. The lowest BCUT2D eigenvalue weighted by Crippen LogP contribution is -2.54. The summed E-state index contributed by atoms with van der Waals surface area (Å²) in [7, 11) is 2.90. The van der Waals surface area contributed by atoms with Gasteiger partial charge in [0.1, 0.15) is 23.4 Å². The molecule has 0 unspecified atom stereocenters. The standard InChI is InChI=1S/C30H29F6NO5/c1-18(19-7-5-4-6-8-19)27(38)37-17-22(42-25-15-23(40-2)14-24(16-25)41-3)11-9-20-13-21(10-12-26(20)37)28(39,29(31,32)33)30(34,35)36/h4-8,10,12-16,18,22,39H,9,11,17H2,1-3H3/t18-,22-/m0/s1. The van der Waals surface area contributed by atoms with E-state index >= 15 is 0 Å². The second-order valence-corrected chi connectivity index (χ2v) is 9.96. The van der Waals surface area contributed by atoms with Crippen LogP contribution in [-0.2, 0) is 16.8 Å². The number of benzene rings is 3. The third kappa shape index (κ3) is 5.99. The van der Waals surface area contributed by atoms with Gasteiger partial charge >= 0.3 is 12.4 Å². The molecule has 42 heavy (non-hydrogen) atoms. The molecule has 0 aliphatic carbocycles. The minimum Gasteiger partial charge on any atom is -0.496 e. The van der Waals surface area contributed by atoms with Gasteiger partial charge in [-0.25, -0.2) is 0 Å². The Kier molecular flexibility index (Phi) is 8.68. The highest BCUT2D eigenvalue weighted by atomic mass is 19.4. The second kappa shape index (κ2) is 11.7. The van der Waals surface area contributed by atoms with Crippen LogP contribution in [0.15, 0.2) is 66.7 Å². The normalized spacial score (nSPS) is 16.7. The van der Waals surface area contributed by atoms with E-state index in [1.165, 1.54) is 19.1 Å². The number of fused-ring (bicyclic) bond motifs is 1. The summed E-state index contributed by atoms with van der Waals surface area (Å²) in [6.45, 7) is 1.61. The van der Waals surface area contributed by atoms with Crippen LogP contribution in [0.5, 0.6) is 17.2 Å². The maximum absolute atomic E-state index is 13.8. The first kappa shape index (κ1) is 31.0. The minimum absolute atomic E-state index is 0.0300. The first-order valence-corrected chi connectivity index (χ1v) is 12.9. The summed E-state index contributed by atoms with van der Waals surface area (Å²) in [5.74, 6) is 0.0487. The fraction of sp³-hybridized carbons (Fsp3) is 0.367. The average molecular weight is 598 g/mol. The molecule has 4 rings (SSSR count). The van der Waals surface area contributed by atoms with Crippen LogP contribution in [0.3, 0.4) is 0 Å². The number of ether oxygens (including phenoxy) is 3. The van der Waals surface area contributed by atoms with Gasteiger partial charge in [-0.2, -0.15) is 26.3 Å². The van der Waals surface area contributed by atoms with E-state index in [1.807, 2.05) is 0 Å². The smallest absolute Gasteiger partial charge is 0.430 e. The van der Waals surface area contributed by atoms with Crippen LogP contribution in [0.1, 0.15) is 36.0 Å². The molecule has 1 heterocycles. The Hall–Kier alpha value is -3.93. The van der Waals surface area contributed by atoms with Gasteiger partial charge in [0, 0.05) is 29.4 Å². The number of anilines is 1. The largest absolute Gasteiger partial charge is 0.496 e. The van der Waals surface area contributed by atoms with Crippen molar-refractivity contribution in [2.45, 2.75) is 49.7 Å². The van der Waals surface area contributed by atoms with E-state index in [2.05, 4.69) is 0 Å². The third-order valence-electron chi connectivity index (χ3n) is 7.29. The molecule has 1 aliphatic rings. The molecule has 0 spiro atoms. The van der Waals surface area contributed by atoms with E-state index in [0.29, 0.717) is 34.9 Å². The molecule has 0 saturated heterocycles. The highest BCUT2D eigenvalue weighted by Gasteiger charge is 2.71. The summed E-state index contributed by atoms with van der Waals surface area (Å²) >= 11 is 0. The molecule has 3 aromatic rings. The minimum atomic E-state index is -6.04. The fourth-order valence-corrected chi connectivity index (χ4v) is 4.94. The van der Waals surface area contributed by atoms with Crippen molar-refractivity contribution in [3.05, 3.63) is 83.4 Å². The molecule has 0 saturated carbocycles. The molecule has 6 nitrogen and oxygen atoms in total. The number of alkyl halides is 6. The number of carbonyl (C=O) groups excluding carboxylic acids is 1. The Labute approximate surface area is 238 Å².